The first kappa shape index (κ1) is 18.0. The zero-order valence-electron chi connectivity index (χ0n) is 13.0. The van der Waals surface area contributed by atoms with E-state index in [0.29, 0.717) is 24.0 Å². The summed E-state index contributed by atoms with van der Waals surface area (Å²) in [6, 6.07) is 7.48. The molecule has 1 amide bonds. The van der Waals surface area contributed by atoms with Crippen molar-refractivity contribution in [2.45, 2.75) is 0 Å². The molecule has 122 valence electrons. The SMILES string of the molecule is COCCNC(=S)NNC(=O)COc1cccc(N(C)C)c1. The molecule has 0 spiro atoms. The fraction of sp³-hybridized carbons (Fsp3) is 0.429. The van der Waals surface area contributed by atoms with Crippen molar-refractivity contribution in [3.63, 3.8) is 0 Å². The first-order chi connectivity index (χ1) is 10.5. The predicted molar refractivity (Wildman–Crippen MR) is 90.0 cm³/mol. The first-order valence-electron chi connectivity index (χ1n) is 6.74. The van der Waals surface area contributed by atoms with E-state index in [-0.39, 0.29) is 12.5 Å². The average molecular weight is 326 g/mol. The highest BCUT2D eigenvalue weighted by atomic mass is 32.1. The number of nitrogens with zero attached hydrogens (tertiary/aromatic N) is 1. The Kier molecular flexibility index (Phi) is 8.01. The number of hydrazine groups is 1. The van der Waals surface area contributed by atoms with E-state index in [1.807, 2.05) is 37.2 Å². The van der Waals surface area contributed by atoms with E-state index in [0.717, 1.165) is 5.69 Å². The summed E-state index contributed by atoms with van der Waals surface area (Å²) in [5.74, 6) is 0.299. The summed E-state index contributed by atoms with van der Waals surface area (Å²) >= 11 is 4.97. The first-order valence-corrected chi connectivity index (χ1v) is 7.15. The van der Waals surface area contributed by atoms with Gasteiger partial charge in [-0.1, -0.05) is 6.07 Å². The molecular weight excluding hydrogens is 304 g/mol. The number of nitrogens with one attached hydrogen (secondary N) is 3. The molecular formula is C14H22N4O3S. The second kappa shape index (κ2) is 9.80. The van der Waals surface area contributed by atoms with Crippen LogP contribution in [0.25, 0.3) is 0 Å². The molecule has 0 bridgehead atoms. The highest BCUT2D eigenvalue weighted by molar-refractivity contribution is 7.80. The zero-order valence-corrected chi connectivity index (χ0v) is 13.8. The number of hydrogen-bond acceptors (Lipinski definition) is 5. The van der Waals surface area contributed by atoms with E-state index in [2.05, 4.69) is 16.2 Å². The van der Waals surface area contributed by atoms with Crippen molar-refractivity contribution in [1.29, 1.82) is 0 Å². The maximum atomic E-state index is 11.6. The molecule has 22 heavy (non-hydrogen) atoms. The second-order valence-electron chi connectivity index (χ2n) is 4.60. The Balaban J connectivity index is 2.28. The van der Waals surface area contributed by atoms with Gasteiger partial charge in [-0.3, -0.25) is 15.6 Å². The minimum Gasteiger partial charge on any atom is -0.484 e. The van der Waals surface area contributed by atoms with E-state index in [1.54, 1.807) is 13.2 Å². The van der Waals surface area contributed by atoms with Crippen LogP contribution in [-0.4, -0.2) is 52.0 Å². The Hall–Kier alpha value is -2.06. The van der Waals surface area contributed by atoms with Gasteiger partial charge in [-0.2, -0.15) is 0 Å². The molecule has 0 heterocycles. The van der Waals surface area contributed by atoms with Crippen LogP contribution in [-0.2, 0) is 9.53 Å². The molecule has 0 atom stereocenters. The van der Waals surface area contributed by atoms with Crippen molar-refractivity contribution in [2.75, 3.05) is 45.9 Å². The number of ether oxygens (including phenoxy) is 2. The smallest absolute Gasteiger partial charge is 0.276 e. The van der Waals surface area contributed by atoms with Gasteiger partial charge in [0.05, 0.1) is 6.61 Å². The van der Waals surface area contributed by atoms with Gasteiger partial charge in [0.2, 0.25) is 0 Å². The van der Waals surface area contributed by atoms with E-state index in [1.165, 1.54) is 0 Å². The van der Waals surface area contributed by atoms with Gasteiger partial charge in [-0.25, -0.2) is 0 Å². The Labute approximate surface area is 135 Å². The summed E-state index contributed by atoms with van der Waals surface area (Å²) in [5, 5.41) is 3.19. The van der Waals surface area contributed by atoms with E-state index in [4.69, 9.17) is 21.7 Å². The summed E-state index contributed by atoms with van der Waals surface area (Å²) in [4.78, 5) is 13.6. The molecule has 0 radical (unpaired) electrons. The Morgan fingerprint density at radius 1 is 1.32 bits per heavy atom. The highest BCUT2D eigenvalue weighted by Crippen LogP contribution is 2.18. The van der Waals surface area contributed by atoms with Gasteiger partial charge >= 0.3 is 0 Å². The normalized spacial score (nSPS) is 9.77. The van der Waals surface area contributed by atoms with Crippen molar-refractivity contribution in [3.8, 4) is 5.75 Å². The third kappa shape index (κ3) is 7.09. The number of carbonyl (C=O) groups is 1. The molecule has 1 aromatic rings. The Morgan fingerprint density at radius 2 is 2.09 bits per heavy atom. The number of hydrogen-bond donors (Lipinski definition) is 3. The van der Waals surface area contributed by atoms with Crippen LogP contribution < -0.4 is 25.8 Å². The Bertz CT molecular complexity index is 497. The number of rotatable bonds is 7. The molecule has 1 aromatic carbocycles. The minimum atomic E-state index is -0.328. The van der Waals surface area contributed by atoms with Crippen LogP contribution >= 0.6 is 12.2 Å². The standard InChI is InChI=1S/C14H22N4O3S/c1-18(2)11-5-4-6-12(9-11)21-10-13(19)16-17-14(22)15-7-8-20-3/h4-6,9H,7-8,10H2,1-3H3,(H,16,19)(H2,15,17,22). The maximum absolute atomic E-state index is 11.6. The molecule has 0 aliphatic rings. The molecule has 7 nitrogen and oxygen atoms in total. The van der Waals surface area contributed by atoms with Gasteiger partial charge in [0.15, 0.2) is 11.7 Å². The summed E-state index contributed by atoms with van der Waals surface area (Å²) in [6.07, 6.45) is 0. The van der Waals surface area contributed by atoms with Crippen LogP contribution in [0.5, 0.6) is 5.75 Å². The molecule has 0 saturated carbocycles. The van der Waals surface area contributed by atoms with Crippen LogP contribution in [0.2, 0.25) is 0 Å². The lowest BCUT2D eigenvalue weighted by Gasteiger charge is -2.14. The molecule has 1 rings (SSSR count). The molecule has 0 fully saturated rings. The van der Waals surface area contributed by atoms with Gasteiger partial charge < -0.3 is 19.7 Å². The fourth-order valence-corrected chi connectivity index (χ4v) is 1.63. The number of methoxy groups -OCH3 is 1. The van der Waals surface area contributed by atoms with Crippen molar-refractivity contribution in [1.82, 2.24) is 16.2 Å². The Morgan fingerprint density at radius 3 is 2.77 bits per heavy atom. The van der Waals surface area contributed by atoms with Crippen LogP contribution in [0.3, 0.4) is 0 Å². The van der Waals surface area contributed by atoms with Gasteiger partial charge in [0.1, 0.15) is 5.75 Å². The number of carbonyl (C=O) groups excluding carboxylic acids is 1. The number of amides is 1. The van der Waals surface area contributed by atoms with Gasteiger partial charge in [0.25, 0.3) is 5.91 Å². The largest absolute Gasteiger partial charge is 0.484 e. The van der Waals surface area contributed by atoms with E-state index in [9.17, 15) is 4.79 Å². The topological polar surface area (TPSA) is 74.9 Å². The predicted octanol–water partition coefficient (Wildman–Crippen LogP) is 0.273. The van der Waals surface area contributed by atoms with Gasteiger partial charge in [-0.05, 0) is 24.4 Å². The van der Waals surface area contributed by atoms with Crippen LogP contribution in [0.15, 0.2) is 24.3 Å². The van der Waals surface area contributed by atoms with Crippen LogP contribution in [0.4, 0.5) is 5.69 Å². The quantitative estimate of drug-likeness (QED) is 0.377. The number of thiocarbonyl (C=S) groups is 1. The van der Waals surface area contributed by atoms with Gasteiger partial charge in [-0.15, -0.1) is 0 Å². The third-order valence-electron chi connectivity index (χ3n) is 2.61. The zero-order chi connectivity index (χ0) is 16.4. The third-order valence-corrected chi connectivity index (χ3v) is 2.86. The van der Waals surface area contributed by atoms with Gasteiger partial charge in [0, 0.05) is 39.5 Å². The summed E-state index contributed by atoms with van der Waals surface area (Å²) < 4.78 is 10.3. The molecule has 0 saturated heterocycles. The molecule has 8 heteroatoms. The number of benzene rings is 1. The summed E-state index contributed by atoms with van der Waals surface area (Å²) in [6.45, 7) is 0.984. The summed E-state index contributed by atoms with van der Waals surface area (Å²) in [5.41, 5.74) is 6.03. The van der Waals surface area contributed by atoms with Crippen LogP contribution in [0.1, 0.15) is 0 Å². The monoisotopic (exact) mass is 326 g/mol. The highest BCUT2D eigenvalue weighted by Gasteiger charge is 2.04. The van der Waals surface area contributed by atoms with Crippen molar-refractivity contribution in [2.24, 2.45) is 0 Å². The fourth-order valence-electron chi connectivity index (χ4n) is 1.47. The number of anilines is 1. The molecule has 0 aliphatic heterocycles. The van der Waals surface area contributed by atoms with E-state index >= 15 is 0 Å². The second-order valence-corrected chi connectivity index (χ2v) is 5.01. The minimum absolute atomic E-state index is 0.107. The lowest BCUT2D eigenvalue weighted by atomic mass is 10.3. The maximum Gasteiger partial charge on any atom is 0.276 e. The lowest BCUT2D eigenvalue weighted by molar-refractivity contribution is -0.123. The van der Waals surface area contributed by atoms with Crippen LogP contribution in [0, 0.1) is 0 Å². The molecule has 0 unspecified atom stereocenters. The van der Waals surface area contributed by atoms with Crippen molar-refractivity contribution < 1.29 is 14.3 Å². The molecule has 0 aliphatic carbocycles. The van der Waals surface area contributed by atoms with Crippen molar-refractivity contribution in [3.05, 3.63) is 24.3 Å². The molecule has 3 N–H and O–H groups in total. The lowest BCUT2D eigenvalue weighted by Crippen LogP contribution is -2.48. The van der Waals surface area contributed by atoms with Crippen molar-refractivity contribution >= 4 is 28.9 Å². The summed E-state index contributed by atoms with van der Waals surface area (Å²) in [7, 11) is 5.48. The molecule has 0 aromatic heterocycles. The average Bonchev–Trinajstić information content (AvgIpc) is 2.51. The van der Waals surface area contributed by atoms with E-state index < -0.39 is 0 Å².